The summed E-state index contributed by atoms with van der Waals surface area (Å²) in [7, 11) is 0. The SMILES string of the molecule is [2H]c1cc([2H])c(-n2c3c([2H])c([2H])c([2H])c([2H])c3c3c([2H])c([2H])c4c(c5c([2H])c([2H])c([2H])c([2H])c5n4-c4nc(-c5ccccc5)nc(-c5ccc(-c6ccccc6)cc5)n4)c32)c(-c2c([2H])c([2H])c([2H])c([2H])c2[2H])c1[2H]. The first-order valence-corrected chi connectivity index (χ1v) is 17.4. The zero-order valence-electron chi connectivity index (χ0n) is 46.9. The zero-order chi connectivity index (χ0) is 52.7. The van der Waals surface area contributed by atoms with Gasteiger partial charge in [0, 0.05) is 38.2 Å². The van der Waals surface area contributed by atoms with Gasteiger partial charge in [-0.1, -0.05) is 176 Å². The normalized spacial score (nSPS) is 16.1. The highest BCUT2D eigenvalue weighted by Gasteiger charge is 2.23. The Morgan fingerprint density at radius 3 is 1.70 bits per heavy atom. The summed E-state index contributed by atoms with van der Waals surface area (Å²) in [4.78, 5) is 14.6. The van der Waals surface area contributed by atoms with E-state index in [0.717, 1.165) is 21.8 Å². The summed E-state index contributed by atoms with van der Waals surface area (Å²) in [6.07, 6.45) is 0. The molecule has 5 heteroatoms. The molecule has 0 radical (unpaired) electrons. The van der Waals surface area contributed by atoms with Gasteiger partial charge in [0.1, 0.15) is 0 Å². The molecule has 0 aliphatic rings. The average molecular weight is 734 g/mol. The Kier molecular flexibility index (Phi) is 4.33. The van der Waals surface area contributed by atoms with Crippen LogP contribution in [0.3, 0.4) is 0 Å². The second kappa shape index (κ2) is 13.0. The number of fused-ring (bicyclic) bond motifs is 7. The summed E-state index contributed by atoms with van der Waals surface area (Å²) in [5.74, 6) is -0.0786. The Morgan fingerprint density at radius 2 is 0.964 bits per heavy atom. The van der Waals surface area contributed by atoms with Crippen LogP contribution in [-0.2, 0) is 0 Å². The average Bonchev–Trinajstić information content (AvgIpc) is 3.97. The predicted octanol–water partition coefficient (Wildman–Crippen LogP) is 12.7. The number of aromatic nitrogens is 5. The van der Waals surface area contributed by atoms with E-state index in [1.165, 1.54) is 4.57 Å². The van der Waals surface area contributed by atoms with Gasteiger partial charge in [-0.25, -0.2) is 4.98 Å². The minimum absolute atomic E-state index is 0.0985. The fourth-order valence-corrected chi connectivity index (χ4v) is 7.07. The van der Waals surface area contributed by atoms with Crippen molar-refractivity contribution < 1.29 is 24.7 Å². The van der Waals surface area contributed by atoms with E-state index in [2.05, 4.69) is 0 Å². The van der Waals surface area contributed by atoms with Crippen molar-refractivity contribution in [3.05, 3.63) is 200 Å². The lowest BCUT2D eigenvalue weighted by Gasteiger charge is -2.15. The van der Waals surface area contributed by atoms with E-state index in [1.807, 2.05) is 42.5 Å². The van der Waals surface area contributed by atoms with Crippen LogP contribution in [0.25, 0.3) is 100 Å². The monoisotopic (exact) mass is 733 g/mol. The van der Waals surface area contributed by atoms with E-state index in [-0.39, 0.29) is 55.7 Å². The molecule has 0 atom stereocenters. The molecule has 11 rings (SSSR count). The predicted molar refractivity (Wildman–Crippen MR) is 230 cm³/mol. The van der Waals surface area contributed by atoms with Gasteiger partial charge < -0.3 is 4.57 Å². The topological polar surface area (TPSA) is 48.5 Å². The molecule has 3 aromatic heterocycles. The van der Waals surface area contributed by atoms with E-state index >= 15 is 0 Å². The molecular weight excluding hydrogens is 683 g/mol. The van der Waals surface area contributed by atoms with Gasteiger partial charge >= 0.3 is 0 Å². The van der Waals surface area contributed by atoms with Crippen LogP contribution >= 0.6 is 0 Å². The van der Waals surface area contributed by atoms with Crippen molar-refractivity contribution in [3.63, 3.8) is 0 Å². The van der Waals surface area contributed by atoms with Crippen LogP contribution in [0.4, 0.5) is 0 Å². The van der Waals surface area contributed by atoms with Crippen molar-refractivity contribution in [2.45, 2.75) is 0 Å². The maximum Gasteiger partial charge on any atom is 0.238 e. The van der Waals surface area contributed by atoms with E-state index in [9.17, 15) is 11.0 Å². The Labute approximate surface area is 348 Å². The highest BCUT2D eigenvalue weighted by molar-refractivity contribution is 6.26. The summed E-state index contributed by atoms with van der Waals surface area (Å²) in [6, 6.07) is 13.4. The quantitative estimate of drug-likeness (QED) is 0.171. The molecule has 262 valence electrons. The van der Waals surface area contributed by atoms with Crippen molar-refractivity contribution >= 4 is 43.6 Å². The molecule has 56 heavy (non-hydrogen) atoms. The van der Waals surface area contributed by atoms with Gasteiger partial charge in [-0.3, -0.25) is 4.57 Å². The first kappa shape index (κ1) is 18.6. The fraction of sp³-hybridized carbons (Fsp3) is 0. The minimum Gasteiger partial charge on any atom is -0.308 e. The molecule has 5 nitrogen and oxygen atoms in total. The van der Waals surface area contributed by atoms with Crippen LogP contribution in [0.1, 0.15) is 24.7 Å². The van der Waals surface area contributed by atoms with Crippen molar-refractivity contribution in [1.29, 1.82) is 0 Å². The van der Waals surface area contributed by atoms with Gasteiger partial charge in [-0.15, -0.1) is 0 Å². The minimum atomic E-state index is -0.835. The third-order valence-corrected chi connectivity index (χ3v) is 9.54. The third kappa shape index (κ3) is 5.13. The lowest BCUT2D eigenvalue weighted by molar-refractivity contribution is 0.953. The maximum absolute atomic E-state index is 9.90. The van der Waals surface area contributed by atoms with Crippen LogP contribution in [-0.4, -0.2) is 24.1 Å². The van der Waals surface area contributed by atoms with Gasteiger partial charge in [0.2, 0.25) is 5.95 Å². The molecule has 0 amide bonds. The van der Waals surface area contributed by atoms with Crippen LogP contribution in [0.2, 0.25) is 0 Å². The molecule has 8 aromatic carbocycles. The number of benzene rings is 8. The molecule has 0 spiro atoms. The summed E-state index contributed by atoms with van der Waals surface area (Å²) < 4.78 is 167. The number of para-hydroxylation sites is 3. The van der Waals surface area contributed by atoms with E-state index in [0.29, 0.717) is 11.1 Å². The van der Waals surface area contributed by atoms with Crippen molar-refractivity contribution in [2.75, 3.05) is 0 Å². The molecular formula is C51H33N5. The highest BCUT2D eigenvalue weighted by atomic mass is 15.2. The van der Waals surface area contributed by atoms with Crippen LogP contribution in [0.15, 0.2) is 200 Å². The van der Waals surface area contributed by atoms with Crippen molar-refractivity contribution in [3.8, 4) is 56.7 Å². The lowest BCUT2D eigenvalue weighted by Crippen LogP contribution is -2.06. The molecule has 0 saturated heterocycles. The van der Waals surface area contributed by atoms with Crippen LogP contribution in [0.5, 0.6) is 0 Å². The standard InChI is InChI=1S/C51H33N5/c1-4-16-34(17-5-1)35-28-30-38(31-29-35)50-52-49(37-20-8-3-9-21-37)53-51(54-50)56-45-27-15-12-24-42(45)47-46(56)33-32-41-40-23-11-14-26-44(40)55(48(41)47)43-25-13-10-22-39(43)36-18-6-2-7-19-36/h1-33H/i2D,6D,7D,10D,11D,12D,14D,15D,18D,19D,22D,23D,24D,25D,26D,27D,32D,33D. The van der Waals surface area contributed by atoms with Gasteiger partial charge in [-0.05, 0) is 40.9 Å². The molecule has 0 N–H and O–H groups in total. The zero-order valence-corrected chi connectivity index (χ0v) is 28.9. The molecule has 3 heterocycles. The Bertz CT molecular complexity index is 4250. The largest absolute Gasteiger partial charge is 0.308 e. The Morgan fingerprint density at radius 1 is 0.375 bits per heavy atom. The Hall–Kier alpha value is -7.63. The number of hydrogen-bond donors (Lipinski definition) is 0. The van der Waals surface area contributed by atoms with Crippen molar-refractivity contribution in [2.24, 2.45) is 0 Å². The molecule has 0 saturated carbocycles. The van der Waals surface area contributed by atoms with Crippen LogP contribution in [0, 0.1) is 0 Å². The van der Waals surface area contributed by atoms with E-state index in [1.54, 1.807) is 42.5 Å². The Balaban J connectivity index is 1.39. The maximum atomic E-state index is 9.90. The number of hydrogen-bond acceptors (Lipinski definition) is 3. The smallest absolute Gasteiger partial charge is 0.238 e. The highest BCUT2D eigenvalue weighted by Crippen LogP contribution is 2.43. The van der Waals surface area contributed by atoms with E-state index < -0.39 is 131 Å². The lowest BCUT2D eigenvalue weighted by atomic mass is 10.0. The van der Waals surface area contributed by atoms with Gasteiger partial charge in [0.05, 0.1) is 52.4 Å². The fourth-order valence-electron chi connectivity index (χ4n) is 7.07. The van der Waals surface area contributed by atoms with E-state index in [4.69, 9.17) is 28.7 Å². The summed E-state index contributed by atoms with van der Waals surface area (Å²) >= 11 is 0. The molecule has 0 aliphatic carbocycles. The summed E-state index contributed by atoms with van der Waals surface area (Å²) in [5, 5.41) is -1.31. The molecule has 0 unspecified atom stereocenters. The van der Waals surface area contributed by atoms with Crippen LogP contribution < -0.4 is 0 Å². The van der Waals surface area contributed by atoms with Gasteiger partial charge in [0.25, 0.3) is 0 Å². The first-order chi connectivity index (χ1) is 35.3. The third-order valence-electron chi connectivity index (χ3n) is 9.54. The summed E-state index contributed by atoms with van der Waals surface area (Å²) in [5.41, 5.74) is -0.374. The molecule has 0 aliphatic heterocycles. The molecule has 0 fully saturated rings. The second-order valence-corrected chi connectivity index (χ2v) is 12.7. The molecule has 0 bridgehead atoms. The summed E-state index contributed by atoms with van der Waals surface area (Å²) in [6.45, 7) is 0. The van der Waals surface area contributed by atoms with Gasteiger partial charge in [-0.2, -0.15) is 9.97 Å². The van der Waals surface area contributed by atoms with Gasteiger partial charge in [0.15, 0.2) is 11.6 Å². The van der Waals surface area contributed by atoms with Crippen molar-refractivity contribution in [1.82, 2.24) is 24.1 Å². The number of rotatable bonds is 6. The molecule has 11 aromatic rings. The number of nitrogens with zero attached hydrogens (tertiary/aromatic N) is 5. The second-order valence-electron chi connectivity index (χ2n) is 12.7. The first-order valence-electron chi connectivity index (χ1n) is 26.4.